The predicted octanol–water partition coefficient (Wildman–Crippen LogP) is 1.71. The maximum absolute atomic E-state index is 13.9. The van der Waals surface area contributed by atoms with Crippen molar-refractivity contribution in [1.29, 1.82) is 0 Å². The summed E-state index contributed by atoms with van der Waals surface area (Å²) in [5.74, 6) is -0.927. The molecule has 2 amide bonds. The fourth-order valence-electron chi connectivity index (χ4n) is 3.19. The molecule has 0 aromatic heterocycles. The number of halogens is 1. The van der Waals surface area contributed by atoms with E-state index in [-0.39, 0.29) is 5.82 Å². The summed E-state index contributed by atoms with van der Waals surface area (Å²) in [5.41, 5.74) is 1.14. The van der Waals surface area contributed by atoms with Gasteiger partial charge in [0.1, 0.15) is 11.6 Å². The molecule has 0 atom stereocenters. The largest absolute Gasteiger partial charge is 0.497 e. The molecule has 154 valence electrons. The van der Waals surface area contributed by atoms with E-state index in [4.69, 9.17) is 4.74 Å². The van der Waals surface area contributed by atoms with Gasteiger partial charge in [0.05, 0.1) is 12.8 Å². The number of carbonyl (C=O) groups is 2. The number of hydrogen-bond donors (Lipinski definition) is 2. The van der Waals surface area contributed by atoms with Crippen molar-refractivity contribution in [1.82, 2.24) is 10.2 Å². The van der Waals surface area contributed by atoms with E-state index in [1.165, 1.54) is 6.07 Å². The first-order valence-electron chi connectivity index (χ1n) is 9.52. The van der Waals surface area contributed by atoms with Crippen molar-refractivity contribution in [3.05, 3.63) is 54.3 Å². The lowest BCUT2D eigenvalue weighted by atomic mass is 10.2. The third-order valence-corrected chi connectivity index (χ3v) is 4.83. The van der Waals surface area contributed by atoms with Gasteiger partial charge in [0.15, 0.2) is 0 Å². The minimum Gasteiger partial charge on any atom is -0.497 e. The van der Waals surface area contributed by atoms with Gasteiger partial charge < -0.3 is 20.3 Å². The smallest absolute Gasteiger partial charge is 0.313 e. The molecular formula is C21H25FN4O3. The van der Waals surface area contributed by atoms with Gasteiger partial charge in [0.25, 0.3) is 0 Å². The van der Waals surface area contributed by atoms with Crippen LogP contribution in [0.5, 0.6) is 5.75 Å². The number of methoxy groups -OCH3 is 1. The van der Waals surface area contributed by atoms with E-state index >= 15 is 0 Å². The van der Waals surface area contributed by atoms with Crippen LogP contribution in [-0.4, -0.2) is 63.1 Å². The number of nitrogens with one attached hydrogen (secondary N) is 2. The molecule has 0 saturated carbocycles. The van der Waals surface area contributed by atoms with Crippen LogP contribution in [0, 0.1) is 5.82 Å². The fraction of sp³-hybridized carbons (Fsp3) is 0.333. The van der Waals surface area contributed by atoms with Crippen LogP contribution in [0.2, 0.25) is 0 Å². The Morgan fingerprint density at radius 2 is 1.69 bits per heavy atom. The quantitative estimate of drug-likeness (QED) is 0.723. The molecule has 2 aromatic carbocycles. The van der Waals surface area contributed by atoms with Gasteiger partial charge in [-0.3, -0.25) is 14.5 Å². The highest BCUT2D eigenvalue weighted by atomic mass is 19.1. The highest BCUT2D eigenvalue weighted by Crippen LogP contribution is 2.20. The van der Waals surface area contributed by atoms with Crippen LogP contribution in [0.1, 0.15) is 0 Å². The van der Waals surface area contributed by atoms with E-state index in [9.17, 15) is 14.0 Å². The lowest BCUT2D eigenvalue weighted by molar-refractivity contribution is -0.136. The van der Waals surface area contributed by atoms with Crippen molar-refractivity contribution in [3.8, 4) is 5.75 Å². The number of anilines is 2. The first kappa shape index (κ1) is 20.6. The van der Waals surface area contributed by atoms with Crippen LogP contribution in [0.15, 0.2) is 48.5 Å². The molecule has 2 N–H and O–H groups in total. The van der Waals surface area contributed by atoms with Crippen molar-refractivity contribution < 1.29 is 18.7 Å². The highest BCUT2D eigenvalue weighted by molar-refractivity contribution is 6.39. The Bertz CT molecular complexity index is 836. The Morgan fingerprint density at radius 3 is 2.34 bits per heavy atom. The zero-order valence-electron chi connectivity index (χ0n) is 16.4. The number of rotatable bonds is 6. The summed E-state index contributed by atoms with van der Waals surface area (Å²) in [5, 5.41) is 5.18. The number of hydrogen-bond acceptors (Lipinski definition) is 5. The van der Waals surface area contributed by atoms with Crippen LogP contribution >= 0.6 is 0 Å². The maximum Gasteiger partial charge on any atom is 0.313 e. The van der Waals surface area contributed by atoms with Crippen LogP contribution in [0.3, 0.4) is 0 Å². The first-order chi connectivity index (χ1) is 14.1. The monoisotopic (exact) mass is 400 g/mol. The molecule has 1 aliphatic rings. The number of para-hydroxylation sites is 1. The van der Waals surface area contributed by atoms with E-state index in [0.29, 0.717) is 43.3 Å². The first-order valence-corrected chi connectivity index (χ1v) is 9.52. The Hall–Kier alpha value is -3.13. The normalized spacial score (nSPS) is 14.3. The number of carbonyl (C=O) groups excluding carboxylic acids is 2. The van der Waals surface area contributed by atoms with Gasteiger partial charge >= 0.3 is 11.8 Å². The lowest BCUT2D eigenvalue weighted by Crippen LogP contribution is -2.49. The van der Waals surface area contributed by atoms with Crippen molar-refractivity contribution in [2.45, 2.75) is 0 Å². The van der Waals surface area contributed by atoms with Crippen molar-refractivity contribution in [2.75, 3.05) is 56.6 Å². The van der Waals surface area contributed by atoms with Gasteiger partial charge in [0, 0.05) is 45.0 Å². The van der Waals surface area contributed by atoms with Crippen molar-refractivity contribution in [3.63, 3.8) is 0 Å². The van der Waals surface area contributed by atoms with E-state index < -0.39 is 11.8 Å². The van der Waals surface area contributed by atoms with Crippen LogP contribution in [0.25, 0.3) is 0 Å². The third kappa shape index (κ3) is 5.68. The van der Waals surface area contributed by atoms with Gasteiger partial charge in [-0.1, -0.05) is 12.1 Å². The van der Waals surface area contributed by atoms with Gasteiger partial charge in [-0.15, -0.1) is 0 Å². The fourth-order valence-corrected chi connectivity index (χ4v) is 3.19. The van der Waals surface area contributed by atoms with Gasteiger partial charge in [-0.2, -0.15) is 0 Å². The molecule has 1 heterocycles. The zero-order valence-corrected chi connectivity index (χ0v) is 16.4. The molecule has 0 radical (unpaired) electrons. The average molecular weight is 400 g/mol. The Balaban J connectivity index is 1.37. The van der Waals surface area contributed by atoms with E-state index in [1.807, 2.05) is 11.0 Å². The predicted molar refractivity (Wildman–Crippen MR) is 110 cm³/mol. The van der Waals surface area contributed by atoms with E-state index in [0.717, 1.165) is 13.1 Å². The number of nitrogens with zero attached hydrogens (tertiary/aromatic N) is 2. The topological polar surface area (TPSA) is 73.9 Å². The van der Waals surface area contributed by atoms with Gasteiger partial charge in [0.2, 0.25) is 0 Å². The summed E-state index contributed by atoms with van der Waals surface area (Å²) < 4.78 is 18.9. The minimum absolute atomic E-state index is 0.212. The number of benzene rings is 2. The Morgan fingerprint density at radius 1 is 1.00 bits per heavy atom. The van der Waals surface area contributed by atoms with Gasteiger partial charge in [-0.05, 0) is 36.4 Å². The zero-order chi connectivity index (χ0) is 20.6. The third-order valence-electron chi connectivity index (χ3n) is 4.83. The van der Waals surface area contributed by atoms with Crippen LogP contribution < -0.4 is 20.3 Å². The molecule has 2 aromatic rings. The molecule has 0 spiro atoms. The molecule has 3 rings (SSSR count). The maximum atomic E-state index is 13.9. The molecular weight excluding hydrogens is 375 g/mol. The summed E-state index contributed by atoms with van der Waals surface area (Å²) in [6, 6.07) is 13.5. The molecule has 1 saturated heterocycles. The summed E-state index contributed by atoms with van der Waals surface area (Å²) >= 11 is 0. The summed E-state index contributed by atoms with van der Waals surface area (Å²) in [6.45, 7) is 3.96. The minimum atomic E-state index is -0.709. The summed E-state index contributed by atoms with van der Waals surface area (Å²) in [7, 11) is 1.56. The standard InChI is InChI=1S/C21H25FN4O3/c1-29-17-8-6-16(7-9-17)24-21(28)20(27)23-10-11-25-12-14-26(15-13-25)19-5-3-2-4-18(19)22/h2-9H,10-15H2,1H3,(H,23,27)(H,24,28). The second kappa shape index (κ2) is 9.88. The SMILES string of the molecule is COc1ccc(NC(=O)C(=O)NCCN2CCN(c3ccccc3F)CC2)cc1. The van der Waals surface area contributed by atoms with Crippen LogP contribution in [0.4, 0.5) is 15.8 Å². The second-order valence-electron chi connectivity index (χ2n) is 6.72. The number of amides is 2. The second-order valence-corrected chi connectivity index (χ2v) is 6.72. The van der Waals surface area contributed by atoms with E-state index in [1.54, 1.807) is 43.5 Å². The number of piperazine rings is 1. The van der Waals surface area contributed by atoms with Gasteiger partial charge in [-0.25, -0.2) is 4.39 Å². The van der Waals surface area contributed by atoms with Crippen LogP contribution in [-0.2, 0) is 9.59 Å². The summed E-state index contributed by atoms with van der Waals surface area (Å²) in [4.78, 5) is 28.1. The molecule has 1 aliphatic heterocycles. The highest BCUT2D eigenvalue weighted by Gasteiger charge is 2.19. The number of ether oxygens (including phenoxy) is 1. The van der Waals surface area contributed by atoms with Crippen molar-refractivity contribution >= 4 is 23.2 Å². The van der Waals surface area contributed by atoms with Crippen molar-refractivity contribution in [2.24, 2.45) is 0 Å². The lowest BCUT2D eigenvalue weighted by Gasteiger charge is -2.36. The van der Waals surface area contributed by atoms with E-state index in [2.05, 4.69) is 15.5 Å². The molecule has 0 unspecified atom stereocenters. The molecule has 29 heavy (non-hydrogen) atoms. The Labute approximate surface area is 169 Å². The molecule has 7 nitrogen and oxygen atoms in total. The molecule has 1 fully saturated rings. The summed E-state index contributed by atoms with van der Waals surface area (Å²) in [6.07, 6.45) is 0. The average Bonchev–Trinajstić information content (AvgIpc) is 2.75. The Kier molecular flexibility index (Phi) is 7.02. The molecule has 0 bridgehead atoms. The molecule has 0 aliphatic carbocycles. The molecule has 8 heteroatoms.